The minimum absolute atomic E-state index is 0.00403. The Bertz CT molecular complexity index is 718. The van der Waals surface area contributed by atoms with E-state index in [-0.39, 0.29) is 33.7 Å². The number of hydrogen-bond acceptors (Lipinski definition) is 4. The number of amides is 1. The van der Waals surface area contributed by atoms with Crippen molar-refractivity contribution in [1.82, 2.24) is 9.62 Å². The molecule has 0 aliphatic carbocycles. The van der Waals surface area contributed by atoms with Crippen LogP contribution < -0.4 is 4.72 Å². The van der Waals surface area contributed by atoms with Gasteiger partial charge in [-0.3, -0.25) is 9.59 Å². The highest BCUT2D eigenvalue weighted by atomic mass is 35.5. The van der Waals surface area contributed by atoms with E-state index in [0.29, 0.717) is 19.4 Å². The third-order valence-corrected chi connectivity index (χ3v) is 5.48. The summed E-state index contributed by atoms with van der Waals surface area (Å²) in [6.07, 6.45) is 1.98. The molecule has 23 heavy (non-hydrogen) atoms. The second kappa shape index (κ2) is 7.42. The van der Waals surface area contributed by atoms with Crippen LogP contribution >= 0.6 is 11.6 Å². The van der Waals surface area contributed by atoms with Crippen molar-refractivity contribution < 1.29 is 18.0 Å². The Hall–Kier alpha value is -1.44. The predicted molar refractivity (Wildman–Crippen MR) is 87.1 cm³/mol. The zero-order chi connectivity index (χ0) is 17.0. The number of rotatable bonds is 7. The molecule has 1 aliphatic rings. The van der Waals surface area contributed by atoms with Crippen molar-refractivity contribution in [2.45, 2.75) is 31.1 Å². The maximum Gasteiger partial charge on any atom is 0.240 e. The standard InChI is InChI=1S/C15H19ClN2O4S/c1-11(19)13-10-12(5-6-14(13)16)23(21,22)17-7-3-9-18-8-2-4-15(18)20/h5-6,10,17H,2-4,7-9H2,1H3. The molecule has 2 rings (SSSR count). The van der Waals surface area contributed by atoms with Gasteiger partial charge in [0.15, 0.2) is 5.78 Å². The Balaban J connectivity index is 1.95. The lowest BCUT2D eigenvalue weighted by molar-refractivity contribution is -0.127. The summed E-state index contributed by atoms with van der Waals surface area (Å²) in [4.78, 5) is 24.7. The molecule has 0 radical (unpaired) electrons. The summed E-state index contributed by atoms with van der Waals surface area (Å²) in [7, 11) is -3.71. The van der Waals surface area contributed by atoms with Gasteiger partial charge in [-0.05, 0) is 38.0 Å². The van der Waals surface area contributed by atoms with E-state index in [9.17, 15) is 18.0 Å². The van der Waals surface area contributed by atoms with Gasteiger partial charge in [-0.25, -0.2) is 13.1 Å². The van der Waals surface area contributed by atoms with Crippen LogP contribution in [0.1, 0.15) is 36.5 Å². The van der Waals surface area contributed by atoms with Crippen LogP contribution in [0.15, 0.2) is 23.1 Å². The Morgan fingerprint density at radius 1 is 1.39 bits per heavy atom. The number of carbonyl (C=O) groups excluding carboxylic acids is 2. The van der Waals surface area contributed by atoms with Crippen LogP contribution in [0.3, 0.4) is 0 Å². The summed E-state index contributed by atoms with van der Waals surface area (Å²) in [6, 6.07) is 4.04. The van der Waals surface area contributed by atoms with Crippen molar-refractivity contribution >= 4 is 33.3 Å². The molecule has 126 valence electrons. The highest BCUT2D eigenvalue weighted by Gasteiger charge is 2.20. The summed E-state index contributed by atoms with van der Waals surface area (Å²) in [5, 5.41) is 0.226. The van der Waals surface area contributed by atoms with E-state index in [1.54, 1.807) is 4.90 Å². The van der Waals surface area contributed by atoms with E-state index in [2.05, 4.69) is 4.72 Å². The summed E-state index contributed by atoms with van der Waals surface area (Å²) in [5.74, 6) is -0.170. The molecular formula is C15H19ClN2O4S. The van der Waals surface area contributed by atoms with E-state index in [0.717, 1.165) is 13.0 Å². The van der Waals surface area contributed by atoms with E-state index < -0.39 is 10.0 Å². The molecule has 0 saturated carbocycles. The SMILES string of the molecule is CC(=O)c1cc(S(=O)(=O)NCCCN2CCCC2=O)ccc1Cl. The minimum atomic E-state index is -3.71. The largest absolute Gasteiger partial charge is 0.343 e. The van der Waals surface area contributed by atoms with Gasteiger partial charge in [0.05, 0.1) is 9.92 Å². The zero-order valence-electron chi connectivity index (χ0n) is 12.8. The molecule has 1 amide bonds. The average molecular weight is 359 g/mol. The fraction of sp³-hybridized carbons (Fsp3) is 0.467. The van der Waals surface area contributed by atoms with E-state index in [4.69, 9.17) is 11.6 Å². The van der Waals surface area contributed by atoms with Crippen LogP contribution in [0.2, 0.25) is 5.02 Å². The molecule has 6 nitrogen and oxygen atoms in total. The molecule has 1 aromatic carbocycles. The van der Waals surface area contributed by atoms with Crippen LogP contribution in [-0.4, -0.2) is 44.6 Å². The maximum absolute atomic E-state index is 12.2. The number of nitrogens with zero attached hydrogens (tertiary/aromatic N) is 1. The molecule has 0 spiro atoms. The minimum Gasteiger partial charge on any atom is -0.343 e. The number of carbonyl (C=O) groups is 2. The first-order valence-electron chi connectivity index (χ1n) is 7.39. The Morgan fingerprint density at radius 2 is 2.13 bits per heavy atom. The molecule has 0 unspecified atom stereocenters. The Kier molecular flexibility index (Phi) is 5.78. The molecule has 1 saturated heterocycles. The van der Waals surface area contributed by atoms with Crippen LogP contribution in [-0.2, 0) is 14.8 Å². The van der Waals surface area contributed by atoms with Crippen LogP contribution in [0.4, 0.5) is 0 Å². The third-order valence-electron chi connectivity index (χ3n) is 3.70. The van der Waals surface area contributed by atoms with Crippen LogP contribution in [0.25, 0.3) is 0 Å². The van der Waals surface area contributed by atoms with Gasteiger partial charge in [0.2, 0.25) is 15.9 Å². The van der Waals surface area contributed by atoms with E-state index in [1.807, 2.05) is 0 Å². The van der Waals surface area contributed by atoms with Crippen molar-refractivity contribution in [3.63, 3.8) is 0 Å². The van der Waals surface area contributed by atoms with Gasteiger partial charge in [0.1, 0.15) is 0 Å². The molecule has 1 aliphatic heterocycles. The van der Waals surface area contributed by atoms with Crippen molar-refractivity contribution in [2.75, 3.05) is 19.6 Å². The third kappa shape index (κ3) is 4.53. The molecule has 0 bridgehead atoms. The van der Waals surface area contributed by atoms with Gasteiger partial charge in [-0.15, -0.1) is 0 Å². The van der Waals surface area contributed by atoms with Gasteiger partial charge >= 0.3 is 0 Å². The monoisotopic (exact) mass is 358 g/mol. The molecule has 0 atom stereocenters. The Labute approximate surface area is 140 Å². The van der Waals surface area contributed by atoms with Crippen molar-refractivity contribution in [2.24, 2.45) is 0 Å². The van der Waals surface area contributed by atoms with Crippen molar-refractivity contribution in [3.8, 4) is 0 Å². The molecule has 1 N–H and O–H groups in total. The van der Waals surface area contributed by atoms with Gasteiger partial charge in [-0.1, -0.05) is 11.6 Å². The number of sulfonamides is 1. The second-order valence-electron chi connectivity index (χ2n) is 5.43. The van der Waals surface area contributed by atoms with Crippen molar-refractivity contribution in [3.05, 3.63) is 28.8 Å². The summed E-state index contributed by atoms with van der Waals surface area (Å²) >= 11 is 5.88. The van der Waals surface area contributed by atoms with Crippen LogP contribution in [0, 0.1) is 0 Å². The molecule has 1 heterocycles. The number of hydrogen-bond donors (Lipinski definition) is 1. The maximum atomic E-state index is 12.2. The summed E-state index contributed by atoms with van der Waals surface area (Å²) in [5.41, 5.74) is 0.178. The first-order valence-corrected chi connectivity index (χ1v) is 9.25. The molecule has 0 aromatic heterocycles. The van der Waals surface area contributed by atoms with E-state index in [1.165, 1.54) is 25.1 Å². The number of ketones is 1. The highest BCUT2D eigenvalue weighted by Crippen LogP contribution is 2.21. The quantitative estimate of drug-likeness (QED) is 0.595. The van der Waals surface area contributed by atoms with Gasteiger partial charge in [0.25, 0.3) is 0 Å². The lowest BCUT2D eigenvalue weighted by Gasteiger charge is -2.15. The number of likely N-dealkylation sites (tertiary alicyclic amines) is 1. The van der Waals surface area contributed by atoms with Gasteiger partial charge in [-0.2, -0.15) is 0 Å². The molecule has 1 fully saturated rings. The fourth-order valence-corrected chi connectivity index (χ4v) is 3.79. The van der Waals surface area contributed by atoms with Gasteiger partial charge < -0.3 is 4.90 Å². The number of halogens is 1. The predicted octanol–water partition coefficient (Wildman–Crippen LogP) is 1.83. The first kappa shape index (κ1) is 17.9. The van der Waals surface area contributed by atoms with E-state index >= 15 is 0 Å². The summed E-state index contributed by atoms with van der Waals surface area (Å²) < 4.78 is 26.9. The fourth-order valence-electron chi connectivity index (χ4n) is 2.44. The molecule has 1 aromatic rings. The van der Waals surface area contributed by atoms with Gasteiger partial charge in [0, 0.05) is 31.6 Å². The first-order chi connectivity index (χ1) is 10.8. The Morgan fingerprint density at radius 3 is 2.74 bits per heavy atom. The van der Waals surface area contributed by atoms with Crippen molar-refractivity contribution in [1.29, 1.82) is 0 Å². The number of nitrogens with one attached hydrogen (secondary N) is 1. The highest BCUT2D eigenvalue weighted by molar-refractivity contribution is 7.89. The second-order valence-corrected chi connectivity index (χ2v) is 7.61. The lowest BCUT2D eigenvalue weighted by Crippen LogP contribution is -2.30. The van der Waals surface area contributed by atoms with Crippen LogP contribution in [0.5, 0.6) is 0 Å². The lowest BCUT2D eigenvalue weighted by atomic mass is 10.1. The number of benzene rings is 1. The topological polar surface area (TPSA) is 83.6 Å². The molecule has 8 heteroatoms. The summed E-state index contributed by atoms with van der Waals surface area (Å²) in [6.45, 7) is 2.84. The number of Topliss-reactive ketones (excluding diaryl/α,β-unsaturated/α-hetero) is 1. The smallest absolute Gasteiger partial charge is 0.240 e. The normalized spacial score (nSPS) is 15.2. The molecular weight excluding hydrogens is 340 g/mol. The average Bonchev–Trinajstić information content (AvgIpc) is 2.89. The zero-order valence-corrected chi connectivity index (χ0v) is 14.4.